The van der Waals surface area contributed by atoms with E-state index in [9.17, 15) is 14.4 Å². The third-order valence-corrected chi connectivity index (χ3v) is 5.80. The molecular weight excluding hydrogens is 340 g/mol. The number of rotatable bonds is 6. The summed E-state index contributed by atoms with van der Waals surface area (Å²) < 4.78 is 0. The smallest absolute Gasteiger partial charge is 0.240 e. The highest BCUT2D eigenvalue weighted by Gasteiger charge is 2.49. The van der Waals surface area contributed by atoms with Crippen LogP contribution in [0.15, 0.2) is 42.5 Å². The van der Waals surface area contributed by atoms with Gasteiger partial charge < -0.3 is 5.32 Å². The van der Waals surface area contributed by atoms with Gasteiger partial charge in [-0.15, -0.1) is 0 Å². The van der Waals surface area contributed by atoms with E-state index in [1.807, 2.05) is 63.2 Å². The highest BCUT2D eigenvalue weighted by Crippen LogP contribution is 2.39. The normalized spacial score (nSPS) is 17.4. The number of amides is 3. The summed E-state index contributed by atoms with van der Waals surface area (Å²) in [5.41, 5.74) is 0.346. The fourth-order valence-electron chi connectivity index (χ4n) is 3.81. The van der Waals surface area contributed by atoms with Crippen LogP contribution in [0.5, 0.6) is 0 Å². The lowest BCUT2D eigenvalue weighted by molar-refractivity contribution is -0.145. The molecule has 3 rings (SSSR count). The topological polar surface area (TPSA) is 66.5 Å². The van der Waals surface area contributed by atoms with Gasteiger partial charge in [0.2, 0.25) is 17.7 Å². The molecule has 1 unspecified atom stereocenters. The fraction of sp³-hybridized carbons (Fsp3) is 0.409. The molecule has 1 saturated heterocycles. The Bertz CT molecular complexity index is 886. The van der Waals surface area contributed by atoms with Gasteiger partial charge in [-0.2, -0.15) is 0 Å². The second-order valence-corrected chi connectivity index (χ2v) is 7.35. The Morgan fingerprint density at radius 3 is 2.41 bits per heavy atom. The first-order chi connectivity index (χ1) is 12.9. The molecule has 1 aliphatic rings. The monoisotopic (exact) mass is 366 g/mol. The first-order valence-electron chi connectivity index (χ1n) is 9.53. The van der Waals surface area contributed by atoms with Crippen molar-refractivity contribution in [1.82, 2.24) is 10.2 Å². The van der Waals surface area contributed by atoms with Crippen molar-refractivity contribution in [2.75, 3.05) is 6.54 Å². The van der Waals surface area contributed by atoms with Crippen LogP contribution in [-0.2, 0) is 14.4 Å². The molecule has 27 heavy (non-hydrogen) atoms. The minimum absolute atomic E-state index is 0.201. The molecule has 0 spiro atoms. The molecule has 0 radical (unpaired) electrons. The molecule has 3 amide bonds. The Hall–Kier alpha value is -2.69. The van der Waals surface area contributed by atoms with E-state index >= 15 is 0 Å². The molecule has 0 aromatic heterocycles. The number of nitrogens with zero attached hydrogens (tertiary/aromatic N) is 1. The van der Waals surface area contributed by atoms with Crippen LogP contribution in [0, 0.1) is 5.41 Å². The zero-order chi connectivity index (χ0) is 19.6. The lowest BCUT2D eigenvalue weighted by Gasteiger charge is -2.23. The first kappa shape index (κ1) is 19.1. The van der Waals surface area contributed by atoms with Gasteiger partial charge >= 0.3 is 0 Å². The van der Waals surface area contributed by atoms with Crippen LogP contribution in [-0.4, -0.2) is 29.2 Å². The molecule has 0 aliphatic carbocycles. The number of hydrogen-bond donors (Lipinski definition) is 1. The number of hydrogen-bond acceptors (Lipinski definition) is 3. The molecule has 1 heterocycles. The number of carbonyl (C=O) groups excluding carboxylic acids is 3. The Morgan fingerprint density at radius 1 is 1.11 bits per heavy atom. The SMILES string of the molecule is CCC1(CC)CC(=O)N(CC(=O)NC(C)c2ccc3ccccc3c2)C1=O. The Morgan fingerprint density at radius 2 is 1.78 bits per heavy atom. The maximum atomic E-state index is 12.7. The van der Waals surface area contributed by atoms with Crippen molar-refractivity contribution in [2.45, 2.75) is 46.1 Å². The van der Waals surface area contributed by atoms with E-state index in [4.69, 9.17) is 0 Å². The summed E-state index contributed by atoms with van der Waals surface area (Å²) >= 11 is 0. The van der Waals surface area contributed by atoms with E-state index < -0.39 is 5.41 Å². The van der Waals surface area contributed by atoms with Crippen molar-refractivity contribution < 1.29 is 14.4 Å². The standard InChI is InChI=1S/C22H26N2O3/c1-4-22(5-2)13-20(26)24(21(22)27)14-19(25)23-15(3)17-11-10-16-8-6-7-9-18(16)12-17/h6-12,15H,4-5,13-14H2,1-3H3,(H,23,25). The zero-order valence-corrected chi connectivity index (χ0v) is 16.1. The predicted octanol–water partition coefficient (Wildman–Crippen LogP) is 3.58. The number of benzene rings is 2. The lowest BCUT2D eigenvalue weighted by atomic mass is 9.81. The summed E-state index contributed by atoms with van der Waals surface area (Å²) in [4.78, 5) is 38.5. The van der Waals surface area contributed by atoms with Crippen molar-refractivity contribution in [3.05, 3.63) is 48.0 Å². The highest BCUT2D eigenvalue weighted by molar-refractivity contribution is 6.08. The highest BCUT2D eigenvalue weighted by atomic mass is 16.2. The van der Waals surface area contributed by atoms with Gasteiger partial charge in [-0.3, -0.25) is 19.3 Å². The van der Waals surface area contributed by atoms with E-state index in [-0.39, 0.29) is 36.7 Å². The minimum atomic E-state index is -0.638. The van der Waals surface area contributed by atoms with E-state index in [0.29, 0.717) is 12.8 Å². The molecular formula is C22H26N2O3. The molecule has 2 aromatic rings. The summed E-state index contributed by atoms with van der Waals surface area (Å²) in [6.45, 7) is 5.52. The van der Waals surface area contributed by atoms with Crippen LogP contribution in [0.1, 0.15) is 51.6 Å². The number of carbonyl (C=O) groups is 3. The molecule has 142 valence electrons. The van der Waals surface area contributed by atoms with E-state index in [0.717, 1.165) is 21.2 Å². The summed E-state index contributed by atoms with van der Waals surface area (Å²) in [5, 5.41) is 5.16. The number of imide groups is 1. The summed E-state index contributed by atoms with van der Waals surface area (Å²) in [5.74, 6) is -0.788. The van der Waals surface area contributed by atoms with Crippen LogP contribution in [0.4, 0.5) is 0 Å². The molecule has 1 fully saturated rings. The van der Waals surface area contributed by atoms with Crippen molar-refractivity contribution in [3.8, 4) is 0 Å². The maximum Gasteiger partial charge on any atom is 0.240 e. The largest absolute Gasteiger partial charge is 0.348 e. The molecule has 1 N–H and O–H groups in total. The molecule has 0 bridgehead atoms. The lowest BCUT2D eigenvalue weighted by Crippen LogP contribution is -2.43. The fourth-order valence-corrected chi connectivity index (χ4v) is 3.81. The molecule has 5 nitrogen and oxygen atoms in total. The van der Waals surface area contributed by atoms with Crippen molar-refractivity contribution in [2.24, 2.45) is 5.41 Å². The van der Waals surface area contributed by atoms with Gasteiger partial charge in [0.15, 0.2) is 0 Å². The van der Waals surface area contributed by atoms with Gasteiger partial charge in [0.1, 0.15) is 6.54 Å². The Kier molecular flexibility index (Phi) is 5.31. The van der Waals surface area contributed by atoms with Crippen molar-refractivity contribution in [3.63, 3.8) is 0 Å². The van der Waals surface area contributed by atoms with E-state index in [1.54, 1.807) is 0 Å². The van der Waals surface area contributed by atoms with Crippen molar-refractivity contribution in [1.29, 1.82) is 0 Å². The average Bonchev–Trinajstić information content (AvgIpc) is 2.92. The third-order valence-electron chi connectivity index (χ3n) is 5.80. The second-order valence-electron chi connectivity index (χ2n) is 7.35. The van der Waals surface area contributed by atoms with Gasteiger partial charge in [0.05, 0.1) is 11.5 Å². The van der Waals surface area contributed by atoms with Gasteiger partial charge in [-0.1, -0.05) is 50.2 Å². The number of likely N-dealkylation sites (tertiary alicyclic amines) is 1. The van der Waals surface area contributed by atoms with Gasteiger partial charge in [-0.05, 0) is 42.2 Å². The van der Waals surface area contributed by atoms with Gasteiger partial charge in [0.25, 0.3) is 0 Å². The maximum absolute atomic E-state index is 12.7. The predicted molar refractivity (Wildman–Crippen MR) is 105 cm³/mol. The molecule has 0 saturated carbocycles. The Balaban J connectivity index is 1.68. The molecule has 1 atom stereocenters. The van der Waals surface area contributed by atoms with Crippen molar-refractivity contribution >= 4 is 28.5 Å². The average molecular weight is 366 g/mol. The van der Waals surface area contributed by atoms with Crippen LogP contribution in [0.2, 0.25) is 0 Å². The van der Waals surface area contributed by atoms with Crippen LogP contribution in [0.3, 0.4) is 0 Å². The summed E-state index contributed by atoms with van der Waals surface area (Å²) in [6.07, 6.45) is 1.42. The van der Waals surface area contributed by atoms with Crippen LogP contribution in [0.25, 0.3) is 10.8 Å². The minimum Gasteiger partial charge on any atom is -0.348 e. The third kappa shape index (κ3) is 3.59. The second kappa shape index (κ2) is 7.51. The quantitative estimate of drug-likeness (QED) is 0.795. The zero-order valence-electron chi connectivity index (χ0n) is 16.1. The molecule has 2 aromatic carbocycles. The first-order valence-corrected chi connectivity index (χ1v) is 9.53. The molecule has 1 aliphatic heterocycles. The van der Waals surface area contributed by atoms with E-state index in [2.05, 4.69) is 5.32 Å². The van der Waals surface area contributed by atoms with Gasteiger partial charge in [0, 0.05) is 6.42 Å². The summed E-state index contributed by atoms with van der Waals surface area (Å²) in [6, 6.07) is 13.9. The number of nitrogens with one attached hydrogen (secondary N) is 1. The van der Waals surface area contributed by atoms with Gasteiger partial charge in [-0.25, -0.2) is 0 Å². The van der Waals surface area contributed by atoms with Crippen LogP contribution < -0.4 is 5.32 Å². The Labute approximate surface area is 159 Å². The molecule has 5 heteroatoms. The van der Waals surface area contributed by atoms with Crippen LogP contribution >= 0.6 is 0 Å². The van der Waals surface area contributed by atoms with E-state index in [1.165, 1.54) is 0 Å². The summed E-state index contributed by atoms with van der Waals surface area (Å²) in [7, 11) is 0. The number of fused-ring (bicyclic) bond motifs is 1.